The summed E-state index contributed by atoms with van der Waals surface area (Å²) >= 11 is 41.1. The van der Waals surface area contributed by atoms with E-state index in [2.05, 4.69) is 139 Å². The van der Waals surface area contributed by atoms with Crippen LogP contribution in [0.2, 0.25) is 25.4 Å². The zero-order valence-corrected chi connectivity index (χ0v) is 79.1. The first-order chi connectivity index (χ1) is 55.5. The molecule has 0 saturated carbocycles. The van der Waals surface area contributed by atoms with E-state index >= 15 is 0 Å². The Morgan fingerprint density at radius 2 is 0.731 bits per heavy atom. The van der Waals surface area contributed by atoms with Gasteiger partial charge in [0, 0.05) is 134 Å². The van der Waals surface area contributed by atoms with Gasteiger partial charge in [-0.3, -0.25) is 13.2 Å². The monoisotopic (exact) mass is 1920 g/mol. The van der Waals surface area contributed by atoms with Gasteiger partial charge < -0.3 is 67.0 Å². The van der Waals surface area contributed by atoms with Crippen molar-refractivity contribution in [3.8, 4) is 22.3 Å². The second-order valence-electron chi connectivity index (χ2n) is 34.4. The van der Waals surface area contributed by atoms with Gasteiger partial charge in [0.05, 0.1) is 62.0 Å². The molecule has 2 aromatic carbocycles. The fraction of sp³-hybridized carbons (Fsp3) is 0.500. The fourth-order valence-electron chi connectivity index (χ4n) is 14.0. The van der Waals surface area contributed by atoms with Crippen LogP contribution in [0.25, 0.3) is 39.2 Å². The van der Waals surface area contributed by atoms with Crippen LogP contribution in [0, 0.1) is 34.6 Å². The zero-order chi connectivity index (χ0) is 87.4. The third-order valence-electron chi connectivity index (χ3n) is 20.6. The number of aryl methyl sites for hydroxylation is 5. The Bertz CT molecular complexity index is 5280. The lowest BCUT2D eigenvalue weighted by Gasteiger charge is -2.40. The van der Waals surface area contributed by atoms with Gasteiger partial charge >= 0.3 is 18.3 Å². The van der Waals surface area contributed by atoms with Gasteiger partial charge in [-0.25, -0.2) is 54.3 Å². The van der Waals surface area contributed by atoms with E-state index < -0.39 is 16.8 Å². The number of amides is 3. The van der Waals surface area contributed by atoms with Gasteiger partial charge in [0.15, 0.2) is 5.65 Å². The van der Waals surface area contributed by atoms with Crippen LogP contribution in [0.15, 0.2) is 87.0 Å². The van der Waals surface area contributed by atoms with Crippen LogP contribution in [-0.4, -0.2) is 173 Å². The van der Waals surface area contributed by atoms with Crippen LogP contribution in [-0.2, 0) is 14.2 Å². The van der Waals surface area contributed by atoms with E-state index in [0.29, 0.717) is 42.1 Å². The Balaban J connectivity index is 0.000000161. The largest absolute Gasteiger partial charge is 0.444 e. The molecule has 12 heterocycles. The molecular weight excluding hydrogens is 1820 g/mol. The quantitative estimate of drug-likeness (QED) is 0.0577. The van der Waals surface area contributed by atoms with E-state index in [9.17, 15) is 14.4 Å². The maximum atomic E-state index is 12.3. The molecule has 4 aliphatic heterocycles. The number of aromatic nitrogens is 13. The molecule has 9 N–H and O–H groups in total. The van der Waals surface area contributed by atoms with Crippen LogP contribution >= 0.6 is 106 Å². The normalized spacial score (nSPS) is 16.4. The number of ether oxygens (including phenoxy) is 3. The number of rotatable bonds is 9. The van der Waals surface area contributed by atoms with Gasteiger partial charge in [-0.1, -0.05) is 70.7 Å². The molecule has 3 amide bonds. The highest BCUT2D eigenvalue weighted by Crippen LogP contribution is 2.42. The molecule has 0 unspecified atom stereocenters. The highest BCUT2D eigenvalue weighted by molar-refractivity contribution is 9.11. The second kappa shape index (κ2) is 37.7. The molecule has 119 heavy (non-hydrogen) atoms. The fourth-order valence-corrected chi connectivity index (χ4v) is 15.7. The first-order valence-corrected chi connectivity index (χ1v) is 43.4. The number of anilines is 6. The van der Waals surface area contributed by atoms with E-state index in [0.717, 1.165) is 198 Å². The Hall–Kier alpha value is -8.08. The molecule has 0 spiro atoms. The number of hydrogen-bond donors (Lipinski definition) is 6. The number of imidazole rings is 3. The van der Waals surface area contributed by atoms with Crippen molar-refractivity contribution in [2.45, 2.75) is 215 Å². The lowest BCUT2D eigenvalue weighted by Crippen LogP contribution is -2.54. The number of benzene rings is 2. The van der Waals surface area contributed by atoms with Crippen molar-refractivity contribution in [1.29, 1.82) is 0 Å². The highest BCUT2D eigenvalue weighted by Gasteiger charge is 2.39. The van der Waals surface area contributed by atoms with Gasteiger partial charge in [0.25, 0.3) is 0 Å². The van der Waals surface area contributed by atoms with Gasteiger partial charge in [0.2, 0.25) is 29.1 Å². The van der Waals surface area contributed by atoms with Crippen molar-refractivity contribution in [3.63, 3.8) is 0 Å². The lowest BCUT2D eigenvalue weighted by molar-refractivity contribution is 0.0435. The van der Waals surface area contributed by atoms with Crippen molar-refractivity contribution in [1.82, 2.24) is 79.0 Å². The third-order valence-corrected chi connectivity index (χ3v) is 25.3. The van der Waals surface area contributed by atoms with Gasteiger partial charge in [-0.15, -0.1) is 0 Å². The molecule has 0 atom stereocenters. The smallest absolute Gasteiger partial charge is 0.408 e. The number of nitrogens with zero attached hydrogens (tertiary/aromatic N) is 17. The third kappa shape index (κ3) is 23.8. The predicted molar refractivity (Wildman–Crippen MR) is 486 cm³/mol. The molecule has 8 aromatic heterocycles. The van der Waals surface area contributed by atoms with E-state index in [1.807, 2.05) is 153 Å². The summed E-state index contributed by atoms with van der Waals surface area (Å²) in [5, 5.41) is 11.3. The lowest BCUT2D eigenvalue weighted by atomic mass is 9.90. The number of halogens is 8. The summed E-state index contributed by atoms with van der Waals surface area (Å²) in [6.07, 6.45) is 16.6. The SMILES string of the molecule is Cc1nc(Cl)nc(N)c1Br.Cc1nc(N2CCC(C)(N)CC2)n2ccnc2c1-c1cccc(Cl)c1Cl.Cc1nc(N2CCC(C)(NC(=O)OC(C)(C)C)CC2)n2ccnc2c1-c1cccc(Cl)c1Cl.Cc1nc(N2CCC(C)(NC(=O)OC(C)(C)C)CC2)n2ccnc2c1Br.Cc1nc(N2CCC(C)(NC(=O)OC(C)(C)C)CC2)nc(N)c1Br. The summed E-state index contributed by atoms with van der Waals surface area (Å²) < 4.78 is 24.6. The summed E-state index contributed by atoms with van der Waals surface area (Å²) in [7, 11) is 0. The zero-order valence-electron chi connectivity index (χ0n) is 70.5. The molecule has 14 rings (SSSR count). The average molecular weight is 1930 g/mol. The number of fused-ring (bicyclic) bond motifs is 3. The molecule has 4 fully saturated rings. The van der Waals surface area contributed by atoms with E-state index in [-0.39, 0.29) is 45.7 Å². The van der Waals surface area contributed by atoms with E-state index in [1.54, 1.807) is 37.6 Å². The molecule has 4 saturated heterocycles. The number of alkyl carbamates (subject to hydrolysis) is 3. The Morgan fingerprint density at radius 1 is 0.420 bits per heavy atom. The van der Waals surface area contributed by atoms with Crippen LogP contribution < -0.4 is 52.8 Å². The Labute approximate surface area is 745 Å². The Kier molecular flexibility index (Phi) is 29.5. The number of nitrogens with one attached hydrogen (secondary N) is 3. The predicted octanol–water partition coefficient (Wildman–Crippen LogP) is 18.7. The van der Waals surface area contributed by atoms with Crippen molar-refractivity contribution >= 4 is 176 Å². The number of nitrogens with two attached hydrogens (primary N) is 3. The highest BCUT2D eigenvalue weighted by atomic mass is 79.9. The first-order valence-electron chi connectivity index (χ1n) is 39.1. The minimum atomic E-state index is -0.525. The average Bonchev–Trinajstić information content (AvgIpc) is 1.71. The van der Waals surface area contributed by atoms with Crippen molar-refractivity contribution in [2.24, 2.45) is 5.73 Å². The number of carbonyl (C=O) groups is 3. The van der Waals surface area contributed by atoms with E-state index in [4.69, 9.17) is 104 Å². The molecule has 29 nitrogen and oxygen atoms in total. The molecule has 10 aromatic rings. The molecule has 37 heteroatoms. The number of nitrogen functional groups attached to an aromatic ring is 2. The molecule has 0 aliphatic carbocycles. The topological polar surface area (TPSA) is 348 Å². The van der Waals surface area contributed by atoms with Crippen LogP contribution in [0.4, 0.5) is 49.8 Å². The minimum absolute atomic E-state index is 0.103. The number of hydrogen-bond acceptors (Lipinski definition) is 23. The summed E-state index contributed by atoms with van der Waals surface area (Å²) in [6.45, 7) is 41.0. The summed E-state index contributed by atoms with van der Waals surface area (Å²) in [5.41, 5.74) is 25.2. The number of piperidine rings is 4. The van der Waals surface area contributed by atoms with Gasteiger partial charge in [-0.2, -0.15) is 9.97 Å². The summed E-state index contributed by atoms with van der Waals surface area (Å²) in [4.78, 5) is 89.9. The summed E-state index contributed by atoms with van der Waals surface area (Å²) in [5.74, 6) is 4.05. The molecule has 0 bridgehead atoms. The van der Waals surface area contributed by atoms with Gasteiger partial charge in [-0.05, 0) is 248 Å². The molecule has 642 valence electrons. The Morgan fingerprint density at radius 3 is 1.08 bits per heavy atom. The molecular formula is C82H107Br3Cl5N23O6. The van der Waals surface area contributed by atoms with Crippen LogP contribution in [0.1, 0.15) is 170 Å². The standard InChI is InChI=1S/C24H29Cl2N5O2.C19H21Cl2N5.C18H26BrN5O2.C16H26BrN5O2.C5H5BrClN3/c1-15-18(16-7-6-8-17(25)19(16)26)20-27-11-14-31(20)21(28-15)30-12-9-24(5,10-13-30)29-22(32)33-23(2,3)4;1-12-15(13-4-3-5-14(20)16(13)21)17-23-8-11-26(17)18(24-12)25-9-6-19(2,22)7-10-25;1-12-13(19)14-20-8-11-24(14)15(21-12)23-9-6-18(5,7-10-23)22-16(25)26-17(2,3)4;1-10-11(17)12(18)20-13(19-10)22-8-6-16(5,7-9-22)21-14(23)24-15(2,3)4;1-2-3(6)4(8)10-5(7)9-2/h6-8,11,14H,9-10,12-13H2,1-5H3,(H,29,32);3-5,8,11H,6-7,9-10,22H2,1-2H3;8,11H,6-7,9-10H2,1-5H3,(H,22,25);6-9H2,1-5H3,(H,21,23)(H2,18,19,20);1H3,(H2,8,9,10). The molecule has 0 radical (unpaired) electrons. The summed E-state index contributed by atoms with van der Waals surface area (Å²) in [6, 6.07) is 11.2. The number of carbonyl (C=O) groups excluding carboxylic acids is 3. The minimum Gasteiger partial charge on any atom is -0.444 e. The van der Waals surface area contributed by atoms with E-state index in [1.165, 1.54) is 0 Å². The maximum Gasteiger partial charge on any atom is 0.408 e. The van der Waals surface area contributed by atoms with Crippen molar-refractivity contribution in [2.75, 3.05) is 83.4 Å². The first kappa shape index (κ1) is 93.2. The van der Waals surface area contributed by atoms with Crippen LogP contribution in [0.5, 0.6) is 0 Å². The van der Waals surface area contributed by atoms with Gasteiger partial charge in [0.1, 0.15) is 39.7 Å². The van der Waals surface area contributed by atoms with Crippen molar-refractivity contribution < 1.29 is 28.6 Å². The van der Waals surface area contributed by atoms with Crippen molar-refractivity contribution in [3.05, 3.63) is 141 Å². The van der Waals surface area contributed by atoms with Crippen LogP contribution in [0.3, 0.4) is 0 Å². The maximum absolute atomic E-state index is 12.3. The molecule has 4 aliphatic rings. The second-order valence-corrected chi connectivity index (χ2v) is 38.7.